The first-order valence-electron chi connectivity index (χ1n) is 18.3. The van der Waals surface area contributed by atoms with Gasteiger partial charge in [-0.1, -0.05) is 164 Å². The monoisotopic (exact) mass is 705 g/mol. The Hall–Kier alpha value is -6.75. The molecule has 0 bridgehead atoms. The summed E-state index contributed by atoms with van der Waals surface area (Å²) in [4.78, 5) is 15.2. The fraction of sp³-hybridized carbons (Fsp3) is 0.0200. The van der Waals surface area contributed by atoms with Crippen molar-refractivity contribution in [3.63, 3.8) is 0 Å². The Kier molecular flexibility index (Phi) is 6.94. The van der Waals surface area contributed by atoms with Crippen molar-refractivity contribution in [1.29, 1.82) is 0 Å². The van der Waals surface area contributed by atoms with Crippen molar-refractivity contribution in [3.8, 4) is 45.3 Å². The summed E-state index contributed by atoms with van der Waals surface area (Å²) in [5.74, 6) is 1.99. The highest BCUT2D eigenvalue weighted by atomic mass is 32.1. The fourth-order valence-electron chi connectivity index (χ4n) is 8.61. The molecule has 8 aromatic carbocycles. The minimum Gasteiger partial charge on any atom is -0.208 e. The molecule has 10 aromatic rings. The van der Waals surface area contributed by atoms with Crippen molar-refractivity contribution in [2.24, 2.45) is 0 Å². The Morgan fingerprint density at radius 3 is 1.69 bits per heavy atom. The van der Waals surface area contributed by atoms with Crippen LogP contribution in [0.25, 0.3) is 76.2 Å². The quantitative estimate of drug-likeness (QED) is 0.179. The topological polar surface area (TPSA) is 38.7 Å². The zero-order valence-corrected chi connectivity index (χ0v) is 30.0. The molecule has 4 heteroatoms. The summed E-state index contributed by atoms with van der Waals surface area (Å²) in [6.45, 7) is 0. The molecular formula is C50H31N3S. The number of nitrogens with zero attached hydrogens (tertiary/aromatic N) is 3. The van der Waals surface area contributed by atoms with E-state index in [0.717, 1.165) is 16.7 Å². The van der Waals surface area contributed by atoms with Crippen LogP contribution in [0.3, 0.4) is 0 Å². The number of aromatic nitrogens is 3. The normalized spacial score (nSPS) is 14.7. The highest BCUT2D eigenvalue weighted by Crippen LogP contribution is 2.57. The molecule has 2 aromatic heterocycles. The maximum Gasteiger partial charge on any atom is 0.164 e. The van der Waals surface area contributed by atoms with Gasteiger partial charge in [-0.05, 0) is 68.4 Å². The summed E-state index contributed by atoms with van der Waals surface area (Å²) in [6.07, 6.45) is 0. The lowest BCUT2D eigenvalue weighted by molar-refractivity contribution is 0.771. The Morgan fingerprint density at radius 1 is 0.370 bits per heavy atom. The summed E-state index contributed by atoms with van der Waals surface area (Å²) in [7, 11) is 0. The van der Waals surface area contributed by atoms with Crippen LogP contribution in [0.15, 0.2) is 188 Å². The molecule has 0 saturated heterocycles. The van der Waals surface area contributed by atoms with Gasteiger partial charge in [0, 0.05) is 36.9 Å². The van der Waals surface area contributed by atoms with E-state index in [1.54, 1.807) is 0 Å². The second-order valence-corrected chi connectivity index (χ2v) is 15.0. The molecule has 0 amide bonds. The van der Waals surface area contributed by atoms with Gasteiger partial charge in [-0.2, -0.15) is 0 Å². The van der Waals surface area contributed by atoms with Crippen LogP contribution in [0, 0.1) is 0 Å². The molecule has 0 fully saturated rings. The molecule has 0 saturated carbocycles. The average molecular weight is 706 g/mol. The molecule has 1 atom stereocenters. The smallest absolute Gasteiger partial charge is 0.164 e. The number of benzene rings is 8. The van der Waals surface area contributed by atoms with Crippen LogP contribution in [0.5, 0.6) is 0 Å². The van der Waals surface area contributed by atoms with Gasteiger partial charge in [0.05, 0.1) is 5.41 Å². The van der Waals surface area contributed by atoms with Gasteiger partial charge in [-0.3, -0.25) is 0 Å². The Morgan fingerprint density at radius 2 is 0.963 bits per heavy atom. The summed E-state index contributed by atoms with van der Waals surface area (Å²) >= 11 is 1.83. The van der Waals surface area contributed by atoms with Crippen molar-refractivity contribution in [2.45, 2.75) is 5.41 Å². The maximum atomic E-state index is 5.12. The number of hydrogen-bond donors (Lipinski definition) is 0. The first kappa shape index (κ1) is 30.8. The van der Waals surface area contributed by atoms with E-state index in [1.807, 2.05) is 47.7 Å². The van der Waals surface area contributed by atoms with E-state index in [1.165, 1.54) is 64.3 Å². The van der Waals surface area contributed by atoms with Gasteiger partial charge in [0.25, 0.3) is 0 Å². The van der Waals surface area contributed by atoms with Crippen LogP contribution in [-0.2, 0) is 5.41 Å². The van der Waals surface area contributed by atoms with Crippen molar-refractivity contribution in [1.82, 2.24) is 15.0 Å². The molecule has 252 valence electrons. The van der Waals surface area contributed by atoms with Gasteiger partial charge in [0.1, 0.15) is 0 Å². The maximum absolute atomic E-state index is 5.12. The van der Waals surface area contributed by atoms with Gasteiger partial charge in [-0.15, -0.1) is 11.3 Å². The molecule has 2 heterocycles. The molecule has 1 unspecified atom stereocenters. The molecule has 0 N–H and O–H groups in total. The highest BCUT2D eigenvalue weighted by molar-refractivity contribution is 7.26. The van der Waals surface area contributed by atoms with Crippen molar-refractivity contribution in [2.75, 3.05) is 0 Å². The molecular weight excluding hydrogens is 675 g/mol. The van der Waals surface area contributed by atoms with E-state index in [-0.39, 0.29) is 0 Å². The summed E-state index contributed by atoms with van der Waals surface area (Å²) in [5.41, 5.74) is 10.2. The van der Waals surface area contributed by atoms with Crippen LogP contribution in [0.2, 0.25) is 0 Å². The number of fused-ring (bicyclic) bond motifs is 7. The van der Waals surface area contributed by atoms with Crippen molar-refractivity contribution in [3.05, 3.63) is 210 Å². The van der Waals surface area contributed by atoms with E-state index in [4.69, 9.17) is 15.0 Å². The average Bonchev–Trinajstić information content (AvgIpc) is 3.77. The second kappa shape index (κ2) is 12.2. The first-order valence-corrected chi connectivity index (χ1v) is 19.1. The number of hydrogen-bond acceptors (Lipinski definition) is 4. The first-order chi connectivity index (χ1) is 26.8. The predicted molar refractivity (Wildman–Crippen MR) is 224 cm³/mol. The summed E-state index contributed by atoms with van der Waals surface area (Å²) in [6, 6.07) is 67.6. The van der Waals surface area contributed by atoms with E-state index in [0.29, 0.717) is 17.5 Å². The third kappa shape index (κ3) is 4.64. The van der Waals surface area contributed by atoms with Gasteiger partial charge in [-0.25, -0.2) is 15.0 Å². The zero-order valence-electron chi connectivity index (χ0n) is 29.1. The van der Waals surface area contributed by atoms with Crippen LogP contribution >= 0.6 is 11.3 Å². The largest absolute Gasteiger partial charge is 0.208 e. The zero-order chi connectivity index (χ0) is 35.6. The van der Waals surface area contributed by atoms with Crippen molar-refractivity contribution < 1.29 is 0 Å². The van der Waals surface area contributed by atoms with Crippen molar-refractivity contribution >= 4 is 42.3 Å². The van der Waals surface area contributed by atoms with Gasteiger partial charge in [0.15, 0.2) is 17.5 Å². The van der Waals surface area contributed by atoms with E-state index in [9.17, 15) is 0 Å². The molecule has 1 aliphatic rings. The standard InChI is InChI=1S/C50H31N3S/c1-4-15-32(16-5-1)47-51-48(33-17-6-2-7-18-33)53-49(52-47)40-24-14-26-44-46(40)39-28-27-37(31-45(39)54-44)50(36-21-8-3-9-22-36)42-25-13-12-23-38(42)41-29-34-19-10-11-20-35(34)30-43(41)50/h1-31H. The van der Waals surface area contributed by atoms with E-state index >= 15 is 0 Å². The molecule has 54 heavy (non-hydrogen) atoms. The molecule has 0 spiro atoms. The molecule has 3 nitrogen and oxygen atoms in total. The summed E-state index contributed by atoms with van der Waals surface area (Å²) < 4.78 is 2.44. The lowest BCUT2D eigenvalue weighted by Crippen LogP contribution is -2.28. The number of rotatable bonds is 5. The lowest BCUT2D eigenvalue weighted by atomic mass is 9.67. The minimum absolute atomic E-state index is 0.492. The number of thiophene rings is 1. The Bertz CT molecular complexity index is 2990. The Balaban J connectivity index is 1.16. The minimum atomic E-state index is -0.492. The van der Waals surface area contributed by atoms with E-state index < -0.39 is 5.41 Å². The molecule has 11 rings (SSSR count). The van der Waals surface area contributed by atoms with Crippen LogP contribution in [-0.4, -0.2) is 15.0 Å². The van der Waals surface area contributed by atoms with Gasteiger partial charge >= 0.3 is 0 Å². The highest BCUT2D eigenvalue weighted by Gasteiger charge is 2.46. The lowest BCUT2D eigenvalue weighted by Gasteiger charge is -2.34. The van der Waals surface area contributed by atoms with Gasteiger partial charge < -0.3 is 0 Å². The fourth-order valence-corrected chi connectivity index (χ4v) is 9.79. The van der Waals surface area contributed by atoms with Crippen LogP contribution in [0.4, 0.5) is 0 Å². The molecule has 0 aliphatic heterocycles. The third-order valence-corrected chi connectivity index (χ3v) is 12.1. The van der Waals surface area contributed by atoms with E-state index in [2.05, 4.69) is 152 Å². The summed E-state index contributed by atoms with van der Waals surface area (Å²) in [5, 5.41) is 4.87. The molecule has 1 aliphatic carbocycles. The predicted octanol–water partition coefficient (Wildman–Crippen LogP) is 12.8. The molecule has 0 radical (unpaired) electrons. The second-order valence-electron chi connectivity index (χ2n) is 13.9. The van der Waals surface area contributed by atoms with Crippen LogP contribution < -0.4 is 0 Å². The Labute approximate surface area is 316 Å². The van der Waals surface area contributed by atoms with Gasteiger partial charge in [0.2, 0.25) is 0 Å². The SMILES string of the molecule is c1ccc(-c2nc(-c3ccccc3)nc(-c3cccc4sc5cc(C6(c7ccccc7)c7ccccc7-c7cc8ccccc8cc76)ccc5c34)n2)cc1. The third-order valence-electron chi connectivity index (χ3n) is 11.0. The van der Waals surface area contributed by atoms with Crippen LogP contribution in [0.1, 0.15) is 22.3 Å².